The summed E-state index contributed by atoms with van der Waals surface area (Å²) in [7, 11) is -1.75. The molecule has 2 heteroatoms. The van der Waals surface area contributed by atoms with Crippen molar-refractivity contribution in [2.75, 3.05) is 0 Å². The Balaban J connectivity index is 3.71. The summed E-state index contributed by atoms with van der Waals surface area (Å²) in [5, 5.41) is 0. The van der Waals surface area contributed by atoms with Crippen LogP contribution in [0.4, 0.5) is 0 Å². The lowest BCUT2D eigenvalue weighted by Gasteiger charge is -2.21. The van der Waals surface area contributed by atoms with Crippen LogP contribution in [0, 0.1) is 0 Å². The van der Waals surface area contributed by atoms with E-state index in [0.29, 0.717) is 5.54 Å². The number of hydrogen-bond donors (Lipinski definition) is 1. The smallest absolute Gasteiger partial charge is 0.187 e. The highest BCUT2D eigenvalue weighted by Gasteiger charge is 2.25. The molecular formula is C6H16OSi. The van der Waals surface area contributed by atoms with Gasteiger partial charge in [0.1, 0.15) is 0 Å². The molecule has 0 saturated heterocycles. The fraction of sp³-hybridized carbons (Fsp3) is 1.00. The van der Waals surface area contributed by atoms with E-state index in [4.69, 9.17) is 0 Å². The van der Waals surface area contributed by atoms with E-state index in [1.165, 1.54) is 0 Å². The van der Waals surface area contributed by atoms with Crippen molar-refractivity contribution >= 4 is 8.32 Å². The minimum atomic E-state index is -1.75. The summed E-state index contributed by atoms with van der Waals surface area (Å²) in [5.74, 6) is 0. The quantitative estimate of drug-likeness (QED) is 0.570. The van der Waals surface area contributed by atoms with E-state index in [1.807, 2.05) is 6.55 Å². The highest BCUT2D eigenvalue weighted by Crippen LogP contribution is 2.20. The molecule has 1 atom stereocenters. The predicted molar refractivity (Wildman–Crippen MR) is 39.4 cm³/mol. The van der Waals surface area contributed by atoms with Crippen LogP contribution in [0.15, 0.2) is 0 Å². The third kappa shape index (κ3) is 1.97. The molecule has 0 aliphatic rings. The van der Waals surface area contributed by atoms with Gasteiger partial charge in [0.05, 0.1) is 0 Å². The monoisotopic (exact) mass is 132 g/mol. The summed E-state index contributed by atoms with van der Waals surface area (Å²) in [5.41, 5.74) is 0.507. The number of rotatable bonds is 2. The fourth-order valence-electron chi connectivity index (χ4n) is 0.408. The summed E-state index contributed by atoms with van der Waals surface area (Å²) in [6.07, 6.45) is 0. The van der Waals surface area contributed by atoms with Gasteiger partial charge in [0.15, 0.2) is 8.32 Å². The average Bonchev–Trinajstić information content (AvgIpc) is 1.67. The van der Waals surface area contributed by atoms with Crippen molar-refractivity contribution in [2.45, 2.75) is 38.9 Å². The minimum Gasteiger partial charge on any atom is -0.432 e. The first-order chi connectivity index (χ1) is 3.50. The van der Waals surface area contributed by atoms with E-state index in [-0.39, 0.29) is 0 Å². The molecule has 0 heterocycles. The molecule has 0 radical (unpaired) electrons. The zero-order chi connectivity index (χ0) is 6.78. The van der Waals surface area contributed by atoms with Crippen LogP contribution in [0.25, 0.3) is 0 Å². The summed E-state index contributed by atoms with van der Waals surface area (Å²) in [4.78, 5) is 9.54. The van der Waals surface area contributed by atoms with E-state index in [0.717, 1.165) is 6.04 Å². The van der Waals surface area contributed by atoms with Crippen molar-refractivity contribution in [3.05, 3.63) is 0 Å². The molecule has 0 aromatic heterocycles. The summed E-state index contributed by atoms with van der Waals surface area (Å²) in [6, 6.07) is 0.977. The molecule has 0 amide bonds. The van der Waals surface area contributed by atoms with E-state index < -0.39 is 8.32 Å². The average molecular weight is 132 g/mol. The Morgan fingerprint density at radius 1 is 1.50 bits per heavy atom. The summed E-state index contributed by atoms with van der Waals surface area (Å²) >= 11 is 0. The first-order valence-electron chi connectivity index (χ1n) is 3.23. The topological polar surface area (TPSA) is 20.2 Å². The molecule has 0 saturated carbocycles. The SMILES string of the molecule is CC[Si](C)(O)C(C)C. The second-order valence-corrected chi connectivity index (χ2v) is 7.44. The lowest BCUT2D eigenvalue weighted by Crippen LogP contribution is -2.32. The molecule has 0 aromatic carbocycles. The van der Waals surface area contributed by atoms with Gasteiger partial charge < -0.3 is 4.80 Å². The molecule has 50 valence electrons. The molecule has 0 aliphatic carbocycles. The lowest BCUT2D eigenvalue weighted by molar-refractivity contribution is 0.522. The third-order valence-electron chi connectivity index (χ3n) is 1.96. The van der Waals surface area contributed by atoms with Crippen LogP contribution in [-0.4, -0.2) is 13.1 Å². The van der Waals surface area contributed by atoms with Gasteiger partial charge in [-0.15, -0.1) is 0 Å². The minimum absolute atomic E-state index is 0.507. The molecule has 8 heavy (non-hydrogen) atoms. The van der Waals surface area contributed by atoms with Gasteiger partial charge in [-0.2, -0.15) is 0 Å². The van der Waals surface area contributed by atoms with Crippen LogP contribution >= 0.6 is 0 Å². The lowest BCUT2D eigenvalue weighted by atomic mass is 10.6. The molecule has 0 bridgehead atoms. The van der Waals surface area contributed by atoms with Crippen molar-refractivity contribution < 1.29 is 4.80 Å². The molecule has 1 nitrogen and oxygen atoms in total. The first kappa shape index (κ1) is 8.18. The van der Waals surface area contributed by atoms with Crippen molar-refractivity contribution in [2.24, 2.45) is 0 Å². The van der Waals surface area contributed by atoms with E-state index in [2.05, 4.69) is 20.8 Å². The Morgan fingerprint density at radius 2 is 1.88 bits per heavy atom. The van der Waals surface area contributed by atoms with Crippen LogP contribution in [0.1, 0.15) is 20.8 Å². The van der Waals surface area contributed by atoms with Gasteiger partial charge in [0, 0.05) is 0 Å². The Morgan fingerprint density at radius 3 is 1.88 bits per heavy atom. The van der Waals surface area contributed by atoms with Crippen LogP contribution < -0.4 is 0 Å². The molecule has 1 N–H and O–H groups in total. The molecule has 0 fully saturated rings. The molecular weight excluding hydrogens is 116 g/mol. The van der Waals surface area contributed by atoms with Crippen LogP contribution in [0.2, 0.25) is 18.1 Å². The maximum absolute atomic E-state index is 9.54. The van der Waals surface area contributed by atoms with Crippen LogP contribution in [0.5, 0.6) is 0 Å². The summed E-state index contributed by atoms with van der Waals surface area (Å²) in [6.45, 7) is 8.26. The molecule has 0 aromatic rings. The third-order valence-corrected chi connectivity index (χ3v) is 5.88. The largest absolute Gasteiger partial charge is 0.432 e. The predicted octanol–water partition coefficient (Wildman–Crippen LogP) is 1.98. The van der Waals surface area contributed by atoms with Crippen LogP contribution in [-0.2, 0) is 0 Å². The summed E-state index contributed by atoms with van der Waals surface area (Å²) < 4.78 is 0. The normalized spacial score (nSPS) is 18.8. The van der Waals surface area contributed by atoms with Gasteiger partial charge >= 0.3 is 0 Å². The van der Waals surface area contributed by atoms with Crippen molar-refractivity contribution in [3.8, 4) is 0 Å². The highest BCUT2D eigenvalue weighted by molar-refractivity contribution is 6.72. The molecule has 0 aliphatic heterocycles. The van der Waals surface area contributed by atoms with E-state index in [9.17, 15) is 4.80 Å². The second kappa shape index (κ2) is 2.64. The Labute approximate surface area is 52.9 Å². The maximum atomic E-state index is 9.54. The second-order valence-electron chi connectivity index (χ2n) is 2.87. The van der Waals surface area contributed by atoms with Gasteiger partial charge in [-0.1, -0.05) is 20.8 Å². The standard InChI is InChI=1S/C6H16OSi/c1-5-8(4,7)6(2)3/h6-7H,5H2,1-4H3. The Hall–Kier alpha value is 0.177. The van der Waals surface area contributed by atoms with Gasteiger partial charge in [-0.3, -0.25) is 0 Å². The fourth-order valence-corrected chi connectivity index (χ4v) is 1.22. The first-order valence-corrected chi connectivity index (χ1v) is 5.96. The molecule has 0 spiro atoms. The van der Waals surface area contributed by atoms with E-state index in [1.54, 1.807) is 0 Å². The Kier molecular flexibility index (Phi) is 2.70. The Bertz CT molecular complexity index is 68.9. The van der Waals surface area contributed by atoms with Crippen LogP contribution in [0.3, 0.4) is 0 Å². The van der Waals surface area contributed by atoms with Gasteiger partial charge in [-0.25, -0.2) is 0 Å². The molecule has 1 unspecified atom stereocenters. The van der Waals surface area contributed by atoms with Crippen molar-refractivity contribution in [1.29, 1.82) is 0 Å². The van der Waals surface area contributed by atoms with Crippen molar-refractivity contribution in [1.82, 2.24) is 0 Å². The highest BCUT2D eigenvalue weighted by atomic mass is 28.4. The van der Waals surface area contributed by atoms with Gasteiger partial charge in [-0.05, 0) is 18.1 Å². The maximum Gasteiger partial charge on any atom is 0.187 e. The number of hydrogen-bond acceptors (Lipinski definition) is 1. The van der Waals surface area contributed by atoms with Gasteiger partial charge in [0.25, 0.3) is 0 Å². The zero-order valence-corrected chi connectivity index (χ0v) is 7.23. The van der Waals surface area contributed by atoms with E-state index >= 15 is 0 Å². The zero-order valence-electron chi connectivity index (χ0n) is 6.23. The van der Waals surface area contributed by atoms with Gasteiger partial charge in [0.2, 0.25) is 0 Å². The molecule has 0 rings (SSSR count). The van der Waals surface area contributed by atoms with Crippen molar-refractivity contribution in [3.63, 3.8) is 0 Å².